The van der Waals surface area contributed by atoms with Crippen LogP contribution in [0.2, 0.25) is 5.15 Å². The van der Waals surface area contributed by atoms with Crippen molar-refractivity contribution in [1.29, 1.82) is 0 Å². The van der Waals surface area contributed by atoms with Crippen molar-refractivity contribution in [1.82, 2.24) is 9.71 Å². The molecular weight excluding hydrogens is 248 g/mol. The van der Waals surface area contributed by atoms with Crippen LogP contribution in [0.15, 0.2) is 23.2 Å². The molecule has 0 saturated carbocycles. The van der Waals surface area contributed by atoms with Gasteiger partial charge in [0, 0.05) is 6.20 Å². The molecule has 0 radical (unpaired) electrons. The molecule has 86 valence electrons. The Morgan fingerprint density at radius 3 is 2.88 bits per heavy atom. The van der Waals surface area contributed by atoms with Crippen LogP contribution in [0.1, 0.15) is 13.3 Å². The Balaban J connectivity index is 3.00. The molecule has 1 rings (SSSR count). The predicted octanol–water partition coefficient (Wildman–Crippen LogP) is 1.43. The fourth-order valence-corrected chi connectivity index (χ4v) is 2.53. The summed E-state index contributed by atoms with van der Waals surface area (Å²) < 4.78 is 26.0. The lowest BCUT2D eigenvalue weighted by Gasteiger charge is -2.11. The fourth-order valence-electron chi connectivity index (χ4n) is 1.04. The quantitative estimate of drug-likeness (QED) is 0.657. The first-order valence-electron chi connectivity index (χ1n) is 4.59. The number of terminal acetylenes is 1. The zero-order valence-electron chi connectivity index (χ0n) is 8.64. The van der Waals surface area contributed by atoms with E-state index in [0.29, 0.717) is 6.42 Å². The molecule has 1 aromatic heterocycles. The van der Waals surface area contributed by atoms with Gasteiger partial charge in [-0.05, 0) is 18.6 Å². The van der Waals surface area contributed by atoms with Gasteiger partial charge < -0.3 is 0 Å². The fraction of sp³-hybridized carbons (Fsp3) is 0.300. The maximum absolute atomic E-state index is 11.8. The van der Waals surface area contributed by atoms with Gasteiger partial charge in [0.25, 0.3) is 0 Å². The minimum absolute atomic E-state index is 0.0567. The number of hydrogen-bond donors (Lipinski definition) is 1. The van der Waals surface area contributed by atoms with Gasteiger partial charge >= 0.3 is 0 Å². The monoisotopic (exact) mass is 258 g/mol. The Labute approximate surface area is 100 Å². The predicted molar refractivity (Wildman–Crippen MR) is 62.5 cm³/mol. The largest absolute Gasteiger partial charge is 0.244 e. The Hall–Kier alpha value is -1.09. The van der Waals surface area contributed by atoms with Crippen LogP contribution in [-0.2, 0) is 10.0 Å². The molecule has 1 aromatic rings. The molecule has 0 aliphatic rings. The molecule has 1 N–H and O–H groups in total. The number of pyridine rings is 1. The van der Waals surface area contributed by atoms with Crippen molar-refractivity contribution in [2.45, 2.75) is 24.3 Å². The molecule has 0 saturated heterocycles. The zero-order valence-corrected chi connectivity index (χ0v) is 10.2. The molecule has 0 aromatic carbocycles. The van der Waals surface area contributed by atoms with Gasteiger partial charge in [0.15, 0.2) is 0 Å². The Kier molecular flexibility index (Phi) is 4.30. The van der Waals surface area contributed by atoms with E-state index in [1.165, 1.54) is 18.3 Å². The van der Waals surface area contributed by atoms with Gasteiger partial charge in [-0.2, -0.15) is 4.72 Å². The first-order chi connectivity index (χ1) is 7.49. The van der Waals surface area contributed by atoms with Crippen molar-refractivity contribution in [2.75, 3.05) is 0 Å². The van der Waals surface area contributed by atoms with Gasteiger partial charge in [-0.1, -0.05) is 24.4 Å². The number of rotatable bonds is 4. The molecule has 4 nitrogen and oxygen atoms in total. The average molecular weight is 259 g/mol. The number of nitrogens with one attached hydrogen (secondary N) is 1. The normalized spacial score (nSPS) is 13.1. The summed E-state index contributed by atoms with van der Waals surface area (Å²) in [7, 11) is -3.62. The Morgan fingerprint density at radius 1 is 1.69 bits per heavy atom. The van der Waals surface area contributed by atoms with E-state index in [1.807, 2.05) is 0 Å². The van der Waals surface area contributed by atoms with Crippen LogP contribution in [-0.4, -0.2) is 19.4 Å². The van der Waals surface area contributed by atoms with Crippen LogP contribution >= 0.6 is 11.6 Å². The highest BCUT2D eigenvalue weighted by Crippen LogP contribution is 2.13. The summed E-state index contributed by atoms with van der Waals surface area (Å²) in [6.07, 6.45) is 7.03. The van der Waals surface area contributed by atoms with Gasteiger partial charge in [-0.25, -0.2) is 13.4 Å². The zero-order chi connectivity index (χ0) is 12.2. The maximum Gasteiger partial charge on any atom is 0.241 e. The van der Waals surface area contributed by atoms with Crippen LogP contribution in [0.25, 0.3) is 0 Å². The molecule has 0 bridgehead atoms. The molecule has 0 aliphatic carbocycles. The first-order valence-corrected chi connectivity index (χ1v) is 6.45. The lowest BCUT2D eigenvalue weighted by molar-refractivity contribution is 0.570. The summed E-state index contributed by atoms with van der Waals surface area (Å²) in [5.74, 6) is 2.35. The van der Waals surface area contributed by atoms with Gasteiger partial charge in [0.1, 0.15) is 5.15 Å². The Bertz CT molecular complexity index is 508. The Morgan fingerprint density at radius 2 is 2.38 bits per heavy atom. The van der Waals surface area contributed by atoms with Crippen LogP contribution in [0.3, 0.4) is 0 Å². The van der Waals surface area contributed by atoms with Crippen LogP contribution in [0, 0.1) is 12.3 Å². The number of hydrogen-bond acceptors (Lipinski definition) is 3. The first kappa shape index (κ1) is 13.0. The summed E-state index contributed by atoms with van der Waals surface area (Å²) in [4.78, 5) is 3.76. The smallest absolute Gasteiger partial charge is 0.241 e. The lowest BCUT2D eigenvalue weighted by atomic mass is 10.3. The highest BCUT2D eigenvalue weighted by molar-refractivity contribution is 7.89. The molecule has 0 fully saturated rings. The summed E-state index contributed by atoms with van der Waals surface area (Å²) in [5.41, 5.74) is 0. The van der Waals surface area contributed by atoms with E-state index in [-0.39, 0.29) is 10.0 Å². The number of halogens is 1. The van der Waals surface area contributed by atoms with Gasteiger partial charge in [0.05, 0.1) is 10.9 Å². The van der Waals surface area contributed by atoms with E-state index < -0.39 is 16.1 Å². The van der Waals surface area contributed by atoms with Crippen molar-refractivity contribution in [2.24, 2.45) is 0 Å². The van der Waals surface area contributed by atoms with Crippen molar-refractivity contribution < 1.29 is 8.42 Å². The third-order valence-corrected chi connectivity index (χ3v) is 3.59. The summed E-state index contributed by atoms with van der Waals surface area (Å²) in [6.45, 7) is 1.80. The summed E-state index contributed by atoms with van der Waals surface area (Å²) in [5, 5.41) is 0.122. The van der Waals surface area contributed by atoms with Gasteiger partial charge in [0.2, 0.25) is 10.0 Å². The molecule has 16 heavy (non-hydrogen) atoms. The minimum Gasteiger partial charge on any atom is -0.244 e. The van der Waals surface area contributed by atoms with Crippen molar-refractivity contribution >= 4 is 21.6 Å². The highest BCUT2D eigenvalue weighted by atomic mass is 35.5. The van der Waals surface area contributed by atoms with E-state index in [1.54, 1.807) is 6.92 Å². The summed E-state index contributed by atoms with van der Waals surface area (Å²) in [6, 6.07) is 2.11. The minimum atomic E-state index is -3.62. The lowest BCUT2D eigenvalue weighted by Crippen LogP contribution is -2.33. The van der Waals surface area contributed by atoms with Crippen LogP contribution < -0.4 is 4.72 Å². The van der Waals surface area contributed by atoms with Crippen LogP contribution in [0.5, 0.6) is 0 Å². The molecule has 0 aliphatic heterocycles. The van der Waals surface area contributed by atoms with E-state index in [0.717, 1.165) is 0 Å². The second-order valence-electron chi connectivity index (χ2n) is 3.06. The van der Waals surface area contributed by atoms with Gasteiger partial charge in [-0.15, -0.1) is 6.42 Å². The third kappa shape index (κ3) is 3.20. The topological polar surface area (TPSA) is 59.1 Å². The number of nitrogens with zero attached hydrogens (tertiary/aromatic N) is 1. The summed E-state index contributed by atoms with van der Waals surface area (Å²) >= 11 is 5.61. The average Bonchev–Trinajstić information content (AvgIpc) is 2.26. The van der Waals surface area contributed by atoms with Crippen molar-refractivity contribution in [3.8, 4) is 12.3 Å². The maximum atomic E-state index is 11.8. The molecule has 1 unspecified atom stereocenters. The third-order valence-electron chi connectivity index (χ3n) is 1.92. The molecular formula is C10H11ClN2O2S. The van der Waals surface area contributed by atoms with Crippen LogP contribution in [0.4, 0.5) is 0 Å². The molecule has 1 atom stereocenters. The number of sulfonamides is 1. The van der Waals surface area contributed by atoms with Crippen molar-refractivity contribution in [3.05, 3.63) is 23.5 Å². The van der Waals surface area contributed by atoms with E-state index in [4.69, 9.17) is 18.0 Å². The standard InChI is InChI=1S/C10H11ClN2O2S/c1-3-8(4-2)13-16(14,15)9-5-6-12-10(11)7-9/h1,5-8,13H,4H2,2H3. The van der Waals surface area contributed by atoms with E-state index in [9.17, 15) is 8.42 Å². The highest BCUT2D eigenvalue weighted by Gasteiger charge is 2.17. The molecule has 0 amide bonds. The SMILES string of the molecule is C#CC(CC)NS(=O)(=O)c1ccnc(Cl)c1. The molecule has 1 heterocycles. The molecule has 6 heteroatoms. The van der Waals surface area contributed by atoms with E-state index >= 15 is 0 Å². The second-order valence-corrected chi connectivity index (χ2v) is 5.16. The van der Waals surface area contributed by atoms with Gasteiger partial charge in [-0.3, -0.25) is 0 Å². The van der Waals surface area contributed by atoms with E-state index in [2.05, 4.69) is 15.6 Å². The second kappa shape index (κ2) is 5.30. The number of aromatic nitrogens is 1. The van der Waals surface area contributed by atoms with Crippen molar-refractivity contribution in [3.63, 3.8) is 0 Å². The molecule has 0 spiro atoms.